The minimum atomic E-state index is 0.141. The summed E-state index contributed by atoms with van der Waals surface area (Å²) in [6.45, 7) is 6.11. The Labute approximate surface area is 98.4 Å². The number of likely N-dealkylation sites (tertiary alicyclic amines) is 2. The van der Waals surface area contributed by atoms with E-state index in [0.29, 0.717) is 0 Å². The average molecular weight is 227 g/mol. The van der Waals surface area contributed by atoms with E-state index in [9.17, 15) is 0 Å². The Morgan fingerprint density at radius 3 is 2.69 bits per heavy atom. The first-order valence-corrected chi connectivity index (χ1v) is 6.62. The maximum absolute atomic E-state index is 8.83. The van der Waals surface area contributed by atoms with Gasteiger partial charge in [0.05, 0.1) is 0 Å². The summed E-state index contributed by atoms with van der Waals surface area (Å²) in [5.74, 6) is 0. The molecule has 16 heavy (non-hydrogen) atoms. The highest BCUT2D eigenvalue weighted by atomic mass is 16.3. The molecule has 0 bridgehead atoms. The van der Waals surface area contributed by atoms with Gasteiger partial charge in [-0.2, -0.15) is 0 Å². The molecule has 2 atom stereocenters. The van der Waals surface area contributed by atoms with Gasteiger partial charge in [-0.05, 0) is 45.3 Å². The van der Waals surface area contributed by atoms with Gasteiger partial charge in [-0.15, -0.1) is 0 Å². The van der Waals surface area contributed by atoms with Gasteiger partial charge in [0, 0.05) is 31.8 Å². The van der Waals surface area contributed by atoms with E-state index < -0.39 is 0 Å². The van der Waals surface area contributed by atoms with E-state index >= 15 is 0 Å². The molecule has 2 aliphatic heterocycles. The molecule has 94 valence electrons. The molecule has 2 heterocycles. The first kappa shape index (κ1) is 12.3. The Morgan fingerprint density at radius 2 is 2.00 bits per heavy atom. The Hall–Kier alpha value is -0.160. The summed E-state index contributed by atoms with van der Waals surface area (Å²) in [4.78, 5) is 5.10. The maximum atomic E-state index is 8.83. The molecule has 2 aliphatic rings. The zero-order chi connectivity index (χ0) is 11.4. The van der Waals surface area contributed by atoms with Crippen molar-refractivity contribution in [2.24, 2.45) is 5.73 Å². The van der Waals surface area contributed by atoms with E-state index in [0.717, 1.165) is 19.0 Å². The largest absolute Gasteiger partial charge is 0.396 e. The fourth-order valence-corrected chi connectivity index (χ4v) is 2.97. The van der Waals surface area contributed by atoms with Crippen LogP contribution in [0.5, 0.6) is 0 Å². The van der Waals surface area contributed by atoms with Crippen molar-refractivity contribution in [2.45, 2.75) is 37.8 Å². The Balaban J connectivity index is 1.70. The molecule has 3 N–H and O–H groups in total. The molecule has 0 aromatic rings. The first-order valence-electron chi connectivity index (χ1n) is 6.62. The lowest BCUT2D eigenvalue weighted by Crippen LogP contribution is -2.40. The molecule has 0 aromatic heterocycles. The molecule has 0 aromatic carbocycles. The van der Waals surface area contributed by atoms with Gasteiger partial charge in [-0.3, -0.25) is 4.90 Å². The SMILES string of the molecule is NC(CCO)CN1CCC(N2CCCC2)C1. The standard InChI is InChI=1S/C12H25N3O/c13-11(4-8-16)9-14-7-3-12(10-14)15-5-1-2-6-15/h11-12,16H,1-10,13H2. The minimum absolute atomic E-state index is 0.141. The van der Waals surface area contributed by atoms with Gasteiger partial charge in [0.25, 0.3) is 0 Å². The van der Waals surface area contributed by atoms with Gasteiger partial charge >= 0.3 is 0 Å². The molecule has 0 aliphatic carbocycles. The van der Waals surface area contributed by atoms with Crippen LogP contribution in [0, 0.1) is 0 Å². The number of nitrogens with two attached hydrogens (primary N) is 1. The molecule has 0 saturated carbocycles. The molecule has 4 heteroatoms. The van der Waals surface area contributed by atoms with Gasteiger partial charge in [-0.25, -0.2) is 0 Å². The Morgan fingerprint density at radius 1 is 1.25 bits per heavy atom. The van der Waals surface area contributed by atoms with Crippen molar-refractivity contribution in [3.05, 3.63) is 0 Å². The van der Waals surface area contributed by atoms with E-state index in [4.69, 9.17) is 10.8 Å². The molecule has 0 amide bonds. The summed E-state index contributed by atoms with van der Waals surface area (Å²) >= 11 is 0. The van der Waals surface area contributed by atoms with Crippen LogP contribution < -0.4 is 5.73 Å². The molecule has 2 unspecified atom stereocenters. The van der Waals surface area contributed by atoms with E-state index in [-0.39, 0.29) is 12.6 Å². The summed E-state index contributed by atoms with van der Waals surface area (Å²) < 4.78 is 0. The van der Waals surface area contributed by atoms with Gasteiger partial charge in [-0.1, -0.05) is 0 Å². The molecule has 0 spiro atoms. The zero-order valence-electron chi connectivity index (χ0n) is 10.1. The van der Waals surface area contributed by atoms with Crippen LogP contribution in [0.3, 0.4) is 0 Å². The van der Waals surface area contributed by atoms with E-state index in [2.05, 4.69) is 9.80 Å². The number of aliphatic hydroxyl groups excluding tert-OH is 1. The van der Waals surface area contributed by atoms with Gasteiger partial charge in [0.15, 0.2) is 0 Å². The lowest BCUT2D eigenvalue weighted by atomic mass is 10.2. The topological polar surface area (TPSA) is 52.7 Å². The third-order valence-electron chi connectivity index (χ3n) is 3.90. The molecule has 2 fully saturated rings. The molecule has 2 rings (SSSR count). The summed E-state index contributed by atoms with van der Waals surface area (Å²) in [6.07, 6.45) is 4.78. The lowest BCUT2D eigenvalue weighted by Gasteiger charge is -2.24. The fraction of sp³-hybridized carbons (Fsp3) is 1.00. The van der Waals surface area contributed by atoms with Crippen LogP contribution in [0.15, 0.2) is 0 Å². The Kier molecular flexibility index (Phi) is 4.58. The van der Waals surface area contributed by atoms with Gasteiger partial charge < -0.3 is 15.7 Å². The van der Waals surface area contributed by atoms with Crippen molar-refractivity contribution < 1.29 is 5.11 Å². The van der Waals surface area contributed by atoms with Gasteiger partial charge in [0.1, 0.15) is 0 Å². The van der Waals surface area contributed by atoms with Crippen LogP contribution in [0.1, 0.15) is 25.7 Å². The van der Waals surface area contributed by atoms with Crippen molar-refractivity contribution in [2.75, 3.05) is 39.3 Å². The highest BCUT2D eigenvalue weighted by Crippen LogP contribution is 2.20. The van der Waals surface area contributed by atoms with Crippen molar-refractivity contribution >= 4 is 0 Å². The summed E-state index contributed by atoms with van der Waals surface area (Å²) in [6, 6.07) is 0.908. The van der Waals surface area contributed by atoms with Crippen molar-refractivity contribution in [1.82, 2.24) is 9.80 Å². The Bertz CT molecular complexity index is 206. The second kappa shape index (κ2) is 5.96. The first-order chi connectivity index (χ1) is 7.79. The highest BCUT2D eigenvalue weighted by Gasteiger charge is 2.29. The number of hydrogen-bond acceptors (Lipinski definition) is 4. The molecule has 2 saturated heterocycles. The molecule has 4 nitrogen and oxygen atoms in total. The number of hydrogen-bond donors (Lipinski definition) is 2. The molecular formula is C12H25N3O. The average Bonchev–Trinajstić information content (AvgIpc) is 2.86. The molecular weight excluding hydrogens is 202 g/mol. The van der Waals surface area contributed by atoms with Crippen LogP contribution in [0.4, 0.5) is 0 Å². The van der Waals surface area contributed by atoms with Crippen molar-refractivity contribution in [1.29, 1.82) is 0 Å². The van der Waals surface area contributed by atoms with Crippen molar-refractivity contribution in [3.63, 3.8) is 0 Å². The summed E-state index contributed by atoms with van der Waals surface area (Å²) in [5.41, 5.74) is 5.95. The van der Waals surface area contributed by atoms with E-state index in [1.54, 1.807) is 0 Å². The number of rotatable bonds is 5. The highest BCUT2D eigenvalue weighted by molar-refractivity contribution is 4.86. The number of nitrogens with zero attached hydrogens (tertiary/aromatic N) is 2. The normalized spacial score (nSPS) is 30.0. The quantitative estimate of drug-likeness (QED) is 0.687. The van der Waals surface area contributed by atoms with Crippen LogP contribution in [-0.2, 0) is 0 Å². The third-order valence-corrected chi connectivity index (χ3v) is 3.90. The predicted octanol–water partition coefficient (Wildman–Crippen LogP) is -0.134. The molecule has 0 radical (unpaired) electrons. The van der Waals surface area contributed by atoms with Gasteiger partial charge in [0.2, 0.25) is 0 Å². The van der Waals surface area contributed by atoms with Crippen LogP contribution >= 0.6 is 0 Å². The summed E-state index contributed by atoms with van der Waals surface area (Å²) in [7, 11) is 0. The fourth-order valence-electron chi connectivity index (χ4n) is 2.97. The van der Waals surface area contributed by atoms with E-state index in [1.807, 2.05) is 0 Å². The predicted molar refractivity (Wildman–Crippen MR) is 65.3 cm³/mol. The smallest absolute Gasteiger partial charge is 0.0446 e. The third kappa shape index (κ3) is 3.17. The zero-order valence-corrected chi connectivity index (χ0v) is 10.1. The second-order valence-electron chi connectivity index (χ2n) is 5.22. The maximum Gasteiger partial charge on any atom is 0.0446 e. The minimum Gasteiger partial charge on any atom is -0.396 e. The van der Waals surface area contributed by atoms with Crippen LogP contribution in [-0.4, -0.2) is 66.3 Å². The van der Waals surface area contributed by atoms with Crippen LogP contribution in [0.2, 0.25) is 0 Å². The summed E-state index contributed by atoms with van der Waals surface area (Å²) in [5, 5.41) is 8.83. The monoisotopic (exact) mass is 227 g/mol. The lowest BCUT2D eigenvalue weighted by molar-refractivity contribution is 0.217. The second-order valence-corrected chi connectivity index (χ2v) is 5.22. The van der Waals surface area contributed by atoms with Crippen LogP contribution in [0.25, 0.3) is 0 Å². The van der Waals surface area contributed by atoms with E-state index in [1.165, 1.54) is 45.4 Å². The number of aliphatic hydroxyl groups is 1. The van der Waals surface area contributed by atoms with Crippen molar-refractivity contribution in [3.8, 4) is 0 Å².